The molecule has 3 rings (SSSR count). The lowest BCUT2D eigenvalue weighted by atomic mass is 10.1. The van der Waals surface area contributed by atoms with Crippen molar-refractivity contribution in [2.24, 2.45) is 11.7 Å². The molecule has 6 nitrogen and oxygen atoms in total. The molecule has 112 valence electrons. The molecule has 1 aromatic heterocycles. The van der Waals surface area contributed by atoms with Crippen LogP contribution in [0.4, 0.5) is 0 Å². The number of hydrogen-bond acceptors (Lipinski definition) is 6. The predicted octanol–water partition coefficient (Wildman–Crippen LogP) is 2.03. The molecule has 1 aliphatic carbocycles. The van der Waals surface area contributed by atoms with Crippen LogP contribution in [0.15, 0.2) is 22.7 Å². The minimum Gasteiger partial charge on any atom is -0.493 e. The number of hydrogen-bond donors (Lipinski definition) is 1. The molecule has 1 aromatic carbocycles. The second-order valence-electron chi connectivity index (χ2n) is 5.29. The van der Waals surface area contributed by atoms with Crippen LogP contribution >= 0.6 is 0 Å². The number of aromatic nitrogens is 2. The largest absolute Gasteiger partial charge is 0.493 e. The van der Waals surface area contributed by atoms with Crippen LogP contribution in [-0.2, 0) is 6.42 Å². The van der Waals surface area contributed by atoms with Crippen molar-refractivity contribution in [3.8, 4) is 22.9 Å². The van der Waals surface area contributed by atoms with Crippen molar-refractivity contribution in [1.82, 2.24) is 10.1 Å². The standard InChI is InChI=1S/C15H19N3O3/c1-19-12-6-5-10(7-13(12)20-2)15-17-14(21-18-15)8-11(16)9-3-4-9/h5-7,9,11H,3-4,8,16H2,1-2H3. The van der Waals surface area contributed by atoms with Crippen LogP contribution in [0.5, 0.6) is 11.5 Å². The van der Waals surface area contributed by atoms with Gasteiger partial charge in [-0.1, -0.05) is 5.16 Å². The third-order valence-electron chi connectivity index (χ3n) is 3.75. The highest BCUT2D eigenvalue weighted by atomic mass is 16.5. The van der Waals surface area contributed by atoms with Gasteiger partial charge >= 0.3 is 0 Å². The Morgan fingerprint density at radius 1 is 1.29 bits per heavy atom. The van der Waals surface area contributed by atoms with E-state index in [-0.39, 0.29) is 6.04 Å². The molecule has 0 bridgehead atoms. The number of nitrogens with zero attached hydrogens (tertiary/aromatic N) is 2. The van der Waals surface area contributed by atoms with Gasteiger partial charge in [0.1, 0.15) is 0 Å². The molecule has 0 radical (unpaired) electrons. The van der Waals surface area contributed by atoms with E-state index >= 15 is 0 Å². The maximum atomic E-state index is 6.08. The van der Waals surface area contributed by atoms with Crippen molar-refractivity contribution >= 4 is 0 Å². The molecule has 0 aliphatic heterocycles. The SMILES string of the molecule is COc1ccc(-c2noc(CC(N)C3CC3)n2)cc1OC. The average Bonchev–Trinajstić information content (AvgIpc) is 3.27. The van der Waals surface area contributed by atoms with E-state index < -0.39 is 0 Å². The van der Waals surface area contributed by atoms with Crippen molar-refractivity contribution in [2.45, 2.75) is 25.3 Å². The monoisotopic (exact) mass is 289 g/mol. The van der Waals surface area contributed by atoms with E-state index in [1.807, 2.05) is 18.2 Å². The van der Waals surface area contributed by atoms with Crippen molar-refractivity contribution < 1.29 is 14.0 Å². The van der Waals surface area contributed by atoms with Crippen molar-refractivity contribution in [3.63, 3.8) is 0 Å². The zero-order chi connectivity index (χ0) is 14.8. The summed E-state index contributed by atoms with van der Waals surface area (Å²) in [6, 6.07) is 5.63. The molecule has 0 spiro atoms. The molecule has 2 aromatic rings. The average molecular weight is 289 g/mol. The van der Waals surface area contributed by atoms with Gasteiger partial charge in [-0.2, -0.15) is 4.98 Å². The molecule has 1 saturated carbocycles. The summed E-state index contributed by atoms with van der Waals surface area (Å²) in [6.45, 7) is 0. The fraction of sp³-hybridized carbons (Fsp3) is 0.467. The minimum absolute atomic E-state index is 0.115. The van der Waals surface area contributed by atoms with E-state index in [0.29, 0.717) is 35.6 Å². The molecular weight excluding hydrogens is 270 g/mol. The molecule has 0 saturated heterocycles. The van der Waals surface area contributed by atoms with Gasteiger partial charge in [-0.25, -0.2) is 0 Å². The van der Waals surface area contributed by atoms with E-state index in [2.05, 4.69) is 10.1 Å². The molecule has 6 heteroatoms. The van der Waals surface area contributed by atoms with Crippen LogP contribution in [0, 0.1) is 5.92 Å². The van der Waals surface area contributed by atoms with Gasteiger partial charge in [0.05, 0.1) is 14.2 Å². The summed E-state index contributed by atoms with van der Waals surface area (Å²) in [5.41, 5.74) is 6.90. The summed E-state index contributed by atoms with van der Waals surface area (Å²) >= 11 is 0. The van der Waals surface area contributed by atoms with E-state index in [1.54, 1.807) is 14.2 Å². The minimum atomic E-state index is 0.115. The van der Waals surface area contributed by atoms with Gasteiger partial charge < -0.3 is 19.7 Å². The van der Waals surface area contributed by atoms with Gasteiger partial charge in [0.15, 0.2) is 11.5 Å². The third-order valence-corrected chi connectivity index (χ3v) is 3.75. The van der Waals surface area contributed by atoms with E-state index in [4.69, 9.17) is 19.7 Å². The highest BCUT2D eigenvalue weighted by molar-refractivity contribution is 5.60. The molecule has 0 amide bonds. The highest BCUT2D eigenvalue weighted by Gasteiger charge is 2.29. The van der Waals surface area contributed by atoms with Crippen LogP contribution in [0.25, 0.3) is 11.4 Å². The lowest BCUT2D eigenvalue weighted by molar-refractivity contribution is 0.355. The lowest BCUT2D eigenvalue weighted by Crippen LogP contribution is -2.25. The number of benzene rings is 1. The summed E-state index contributed by atoms with van der Waals surface area (Å²) in [5, 5.41) is 4.01. The Balaban J connectivity index is 1.78. The Kier molecular flexibility index (Phi) is 3.79. The van der Waals surface area contributed by atoms with Gasteiger partial charge in [0, 0.05) is 18.0 Å². The van der Waals surface area contributed by atoms with Gasteiger partial charge in [0.25, 0.3) is 0 Å². The number of ether oxygens (including phenoxy) is 2. The molecule has 1 heterocycles. The van der Waals surface area contributed by atoms with Crippen LogP contribution in [-0.4, -0.2) is 30.4 Å². The van der Waals surface area contributed by atoms with Crippen molar-refractivity contribution in [2.75, 3.05) is 14.2 Å². The molecule has 1 atom stereocenters. The molecule has 1 aliphatic rings. The molecular formula is C15H19N3O3. The highest BCUT2D eigenvalue weighted by Crippen LogP contribution is 2.33. The summed E-state index contributed by atoms with van der Waals surface area (Å²) in [7, 11) is 3.20. The fourth-order valence-electron chi connectivity index (χ4n) is 2.32. The van der Waals surface area contributed by atoms with Gasteiger partial charge in [0.2, 0.25) is 11.7 Å². The van der Waals surface area contributed by atoms with Crippen LogP contribution in [0.1, 0.15) is 18.7 Å². The predicted molar refractivity (Wildman–Crippen MR) is 77.2 cm³/mol. The zero-order valence-electron chi connectivity index (χ0n) is 12.2. The summed E-state index contributed by atoms with van der Waals surface area (Å²) < 4.78 is 15.8. The van der Waals surface area contributed by atoms with E-state index in [0.717, 1.165) is 5.56 Å². The Hall–Kier alpha value is -2.08. The Bertz CT molecular complexity index is 622. The first kappa shape index (κ1) is 13.9. The normalized spacial score (nSPS) is 15.8. The van der Waals surface area contributed by atoms with Gasteiger partial charge in [-0.15, -0.1) is 0 Å². The molecule has 1 unspecified atom stereocenters. The molecule has 1 fully saturated rings. The van der Waals surface area contributed by atoms with Crippen LogP contribution < -0.4 is 15.2 Å². The zero-order valence-corrected chi connectivity index (χ0v) is 12.2. The quantitative estimate of drug-likeness (QED) is 0.876. The van der Waals surface area contributed by atoms with Crippen LogP contribution in [0.3, 0.4) is 0 Å². The van der Waals surface area contributed by atoms with Crippen LogP contribution in [0.2, 0.25) is 0 Å². The summed E-state index contributed by atoms with van der Waals surface area (Å²) in [4.78, 5) is 4.41. The summed E-state index contributed by atoms with van der Waals surface area (Å²) in [6.07, 6.45) is 3.04. The maximum absolute atomic E-state index is 6.08. The third kappa shape index (κ3) is 3.00. The first-order valence-corrected chi connectivity index (χ1v) is 7.02. The smallest absolute Gasteiger partial charge is 0.228 e. The van der Waals surface area contributed by atoms with Crippen molar-refractivity contribution in [3.05, 3.63) is 24.1 Å². The van der Waals surface area contributed by atoms with E-state index in [1.165, 1.54) is 12.8 Å². The van der Waals surface area contributed by atoms with E-state index in [9.17, 15) is 0 Å². The lowest BCUT2D eigenvalue weighted by Gasteiger charge is -2.07. The molecule has 2 N–H and O–H groups in total. The Labute approximate surface area is 123 Å². The number of rotatable bonds is 6. The number of nitrogens with two attached hydrogens (primary N) is 1. The van der Waals surface area contributed by atoms with Crippen molar-refractivity contribution in [1.29, 1.82) is 0 Å². The Morgan fingerprint density at radius 2 is 2.05 bits per heavy atom. The summed E-state index contributed by atoms with van der Waals surface area (Å²) in [5.74, 6) is 3.03. The maximum Gasteiger partial charge on any atom is 0.228 e. The fourth-order valence-corrected chi connectivity index (χ4v) is 2.32. The first-order valence-electron chi connectivity index (χ1n) is 7.02. The Morgan fingerprint density at radius 3 is 2.71 bits per heavy atom. The van der Waals surface area contributed by atoms with Gasteiger partial charge in [-0.3, -0.25) is 0 Å². The number of methoxy groups -OCH3 is 2. The van der Waals surface area contributed by atoms with Gasteiger partial charge in [-0.05, 0) is 37.0 Å². The second kappa shape index (κ2) is 5.73. The topological polar surface area (TPSA) is 83.4 Å². The second-order valence-corrected chi connectivity index (χ2v) is 5.29. The first-order chi connectivity index (χ1) is 10.2. The molecule has 21 heavy (non-hydrogen) atoms.